The number of carbonyl (C=O) groups is 1. The third-order valence-corrected chi connectivity index (χ3v) is 4.03. The van der Waals surface area contributed by atoms with Gasteiger partial charge < -0.3 is 20.5 Å². The summed E-state index contributed by atoms with van der Waals surface area (Å²) in [7, 11) is 0. The second-order valence-electron chi connectivity index (χ2n) is 5.92. The highest BCUT2D eigenvalue weighted by Gasteiger charge is 2.08. The van der Waals surface area contributed by atoms with Gasteiger partial charge in [0.15, 0.2) is 0 Å². The van der Waals surface area contributed by atoms with Gasteiger partial charge in [0.2, 0.25) is 0 Å². The Bertz CT molecular complexity index is 629. The SMILES string of the molecule is CCC(CCO)CNC(=O)Nc1ccc(COc2ccccc2)cc1. The van der Waals surface area contributed by atoms with Gasteiger partial charge in [0.25, 0.3) is 0 Å². The Morgan fingerprint density at radius 3 is 2.48 bits per heavy atom. The average Bonchev–Trinajstić information content (AvgIpc) is 2.65. The van der Waals surface area contributed by atoms with E-state index in [4.69, 9.17) is 9.84 Å². The van der Waals surface area contributed by atoms with Gasteiger partial charge in [-0.15, -0.1) is 0 Å². The minimum atomic E-state index is -0.232. The summed E-state index contributed by atoms with van der Waals surface area (Å²) >= 11 is 0. The van der Waals surface area contributed by atoms with Crippen LogP contribution in [0.3, 0.4) is 0 Å². The monoisotopic (exact) mass is 342 g/mol. The number of carbonyl (C=O) groups excluding carboxylic acids is 1. The molecule has 0 bridgehead atoms. The molecule has 0 spiro atoms. The second-order valence-corrected chi connectivity index (χ2v) is 5.92. The summed E-state index contributed by atoms with van der Waals surface area (Å²) in [6.45, 7) is 3.24. The fourth-order valence-electron chi connectivity index (χ4n) is 2.41. The number of nitrogens with one attached hydrogen (secondary N) is 2. The van der Waals surface area contributed by atoms with Crippen molar-refractivity contribution in [2.45, 2.75) is 26.4 Å². The molecule has 0 aliphatic heterocycles. The number of hydrogen-bond donors (Lipinski definition) is 3. The Morgan fingerprint density at radius 2 is 1.84 bits per heavy atom. The minimum absolute atomic E-state index is 0.147. The minimum Gasteiger partial charge on any atom is -0.489 e. The van der Waals surface area contributed by atoms with E-state index in [9.17, 15) is 4.79 Å². The largest absolute Gasteiger partial charge is 0.489 e. The highest BCUT2D eigenvalue weighted by atomic mass is 16.5. The third kappa shape index (κ3) is 6.85. The molecule has 1 unspecified atom stereocenters. The number of hydrogen-bond acceptors (Lipinski definition) is 3. The molecule has 1 atom stereocenters. The fourth-order valence-corrected chi connectivity index (χ4v) is 2.41. The molecular weight excluding hydrogens is 316 g/mol. The quantitative estimate of drug-likeness (QED) is 0.649. The molecule has 0 radical (unpaired) electrons. The second kappa shape index (κ2) is 10.4. The number of ether oxygens (including phenoxy) is 1. The zero-order valence-corrected chi connectivity index (χ0v) is 14.6. The van der Waals surface area contributed by atoms with Crippen LogP contribution in [0.2, 0.25) is 0 Å². The van der Waals surface area contributed by atoms with E-state index >= 15 is 0 Å². The number of para-hydroxylation sites is 1. The topological polar surface area (TPSA) is 70.6 Å². The Hall–Kier alpha value is -2.53. The van der Waals surface area contributed by atoms with Crippen molar-refractivity contribution >= 4 is 11.7 Å². The zero-order valence-electron chi connectivity index (χ0n) is 14.6. The number of benzene rings is 2. The van der Waals surface area contributed by atoms with Crippen LogP contribution in [0, 0.1) is 5.92 Å². The van der Waals surface area contributed by atoms with Gasteiger partial charge in [-0.2, -0.15) is 0 Å². The first kappa shape index (κ1) is 18.8. The lowest BCUT2D eigenvalue weighted by Crippen LogP contribution is -2.33. The predicted molar refractivity (Wildman–Crippen MR) is 99.7 cm³/mol. The molecule has 5 nitrogen and oxygen atoms in total. The first-order valence-corrected chi connectivity index (χ1v) is 8.63. The molecule has 0 fully saturated rings. The number of rotatable bonds is 9. The molecular formula is C20H26N2O3. The van der Waals surface area contributed by atoms with Crippen molar-refractivity contribution in [3.8, 4) is 5.75 Å². The van der Waals surface area contributed by atoms with Crippen LogP contribution in [-0.2, 0) is 6.61 Å². The molecule has 2 rings (SSSR count). The van der Waals surface area contributed by atoms with E-state index in [2.05, 4.69) is 17.6 Å². The zero-order chi connectivity index (χ0) is 17.9. The maximum absolute atomic E-state index is 11.9. The van der Waals surface area contributed by atoms with Crippen molar-refractivity contribution in [1.29, 1.82) is 0 Å². The Morgan fingerprint density at radius 1 is 1.12 bits per heavy atom. The summed E-state index contributed by atoms with van der Waals surface area (Å²) in [6.07, 6.45) is 1.63. The number of anilines is 1. The maximum Gasteiger partial charge on any atom is 0.319 e. The summed E-state index contributed by atoms with van der Waals surface area (Å²) in [4.78, 5) is 11.9. The van der Waals surface area contributed by atoms with Crippen LogP contribution < -0.4 is 15.4 Å². The Kier molecular flexibility index (Phi) is 7.79. The van der Waals surface area contributed by atoms with Crippen LogP contribution in [0.1, 0.15) is 25.3 Å². The van der Waals surface area contributed by atoms with E-state index in [1.807, 2.05) is 54.6 Å². The normalized spacial score (nSPS) is 11.6. The van der Waals surface area contributed by atoms with Gasteiger partial charge in [0.05, 0.1) is 0 Å². The van der Waals surface area contributed by atoms with E-state index in [-0.39, 0.29) is 12.6 Å². The molecule has 0 saturated carbocycles. The molecule has 2 aromatic rings. The summed E-state index contributed by atoms with van der Waals surface area (Å²) in [6, 6.07) is 17.0. The Balaban J connectivity index is 1.76. The van der Waals surface area contributed by atoms with Crippen molar-refractivity contribution in [3.63, 3.8) is 0 Å². The van der Waals surface area contributed by atoms with Gasteiger partial charge >= 0.3 is 6.03 Å². The van der Waals surface area contributed by atoms with Crippen molar-refractivity contribution in [1.82, 2.24) is 5.32 Å². The third-order valence-electron chi connectivity index (χ3n) is 4.03. The van der Waals surface area contributed by atoms with Gasteiger partial charge in [-0.3, -0.25) is 0 Å². The lowest BCUT2D eigenvalue weighted by molar-refractivity contribution is 0.238. The first-order valence-electron chi connectivity index (χ1n) is 8.63. The predicted octanol–water partition coefficient (Wildman–Crippen LogP) is 3.80. The Labute approximate surface area is 149 Å². The molecule has 0 aliphatic rings. The van der Waals surface area contributed by atoms with E-state index in [1.165, 1.54) is 0 Å². The number of aliphatic hydroxyl groups is 1. The highest BCUT2D eigenvalue weighted by Crippen LogP contribution is 2.14. The summed E-state index contributed by atoms with van der Waals surface area (Å²) < 4.78 is 5.69. The van der Waals surface area contributed by atoms with E-state index < -0.39 is 0 Å². The van der Waals surface area contributed by atoms with Crippen LogP contribution in [0.5, 0.6) is 5.75 Å². The van der Waals surface area contributed by atoms with Crippen LogP contribution in [0.4, 0.5) is 10.5 Å². The van der Waals surface area contributed by atoms with Crippen molar-refractivity contribution in [2.24, 2.45) is 5.92 Å². The van der Waals surface area contributed by atoms with Crippen LogP contribution in [-0.4, -0.2) is 24.3 Å². The molecule has 2 amide bonds. The smallest absolute Gasteiger partial charge is 0.319 e. The maximum atomic E-state index is 11.9. The van der Waals surface area contributed by atoms with Gasteiger partial charge in [0, 0.05) is 18.8 Å². The summed E-state index contributed by atoms with van der Waals surface area (Å²) in [5, 5.41) is 14.6. The molecule has 25 heavy (non-hydrogen) atoms. The van der Waals surface area contributed by atoms with Gasteiger partial charge in [-0.25, -0.2) is 4.79 Å². The molecule has 5 heteroatoms. The number of urea groups is 1. The van der Waals surface area contributed by atoms with Gasteiger partial charge in [0.1, 0.15) is 12.4 Å². The molecule has 0 heterocycles. The molecule has 2 aromatic carbocycles. The molecule has 0 saturated heterocycles. The van der Waals surface area contributed by atoms with Crippen molar-refractivity contribution in [3.05, 3.63) is 60.2 Å². The number of aliphatic hydroxyl groups excluding tert-OH is 1. The lowest BCUT2D eigenvalue weighted by atomic mass is 10.0. The van der Waals surface area contributed by atoms with Crippen LogP contribution in [0.25, 0.3) is 0 Å². The van der Waals surface area contributed by atoms with Crippen molar-refractivity contribution < 1.29 is 14.6 Å². The van der Waals surface area contributed by atoms with Crippen LogP contribution >= 0.6 is 0 Å². The average molecular weight is 342 g/mol. The molecule has 0 aliphatic carbocycles. The van der Waals surface area contributed by atoms with E-state index in [0.29, 0.717) is 25.5 Å². The van der Waals surface area contributed by atoms with Crippen molar-refractivity contribution in [2.75, 3.05) is 18.5 Å². The molecule has 0 aromatic heterocycles. The highest BCUT2D eigenvalue weighted by molar-refractivity contribution is 5.89. The summed E-state index contributed by atoms with van der Waals surface area (Å²) in [5.41, 5.74) is 1.76. The van der Waals surface area contributed by atoms with Gasteiger partial charge in [-0.1, -0.05) is 43.7 Å². The standard InChI is InChI=1S/C20H26N2O3/c1-2-16(12-13-23)14-21-20(24)22-18-10-8-17(9-11-18)15-25-19-6-4-3-5-7-19/h3-11,16,23H,2,12-15H2,1H3,(H2,21,22,24). The fraction of sp³-hybridized carbons (Fsp3) is 0.350. The molecule has 3 N–H and O–H groups in total. The summed E-state index contributed by atoms with van der Waals surface area (Å²) in [5.74, 6) is 1.13. The van der Waals surface area contributed by atoms with E-state index in [0.717, 1.165) is 23.4 Å². The van der Waals surface area contributed by atoms with Gasteiger partial charge in [-0.05, 0) is 42.2 Å². The molecule has 134 valence electrons. The first-order chi connectivity index (χ1) is 12.2. The van der Waals surface area contributed by atoms with Crippen LogP contribution in [0.15, 0.2) is 54.6 Å². The van der Waals surface area contributed by atoms with E-state index in [1.54, 1.807) is 0 Å². The lowest BCUT2D eigenvalue weighted by Gasteiger charge is -2.15. The number of amides is 2.